The zero-order valence-corrected chi connectivity index (χ0v) is 75.5. The van der Waals surface area contributed by atoms with Crippen LogP contribution in [0.4, 0.5) is 50.2 Å². The van der Waals surface area contributed by atoms with Crippen LogP contribution in [0.25, 0.3) is 78.2 Å². The first-order chi connectivity index (χ1) is 59.6. The van der Waals surface area contributed by atoms with Crippen LogP contribution in [0.15, 0.2) is 95.8 Å². The molecule has 1 saturated heterocycles. The number of hydrogen-bond donors (Lipinski definition) is 5. The molecule has 0 aromatic carbocycles. The molecule has 0 bridgehead atoms. The quantitative estimate of drug-likeness (QED) is 0.0498. The van der Waals surface area contributed by atoms with Crippen molar-refractivity contribution in [3.8, 4) is 17.5 Å². The summed E-state index contributed by atoms with van der Waals surface area (Å²) in [5.74, 6) is 5.16. The SMILES string of the molecule is CC1CCN(c2ccc3nc(NC(=O)CC(C)(C)C)n(C4CCC4)c3n2)CC1.Cc1cc(-n2c(NC(=O)CC(C)(C)C)nc3ccc(C)nc32)on1.Cc1ccc2nc(NC(=O)CC(C)(C)C)n(-c3cn(C)nn3)c2n1.Cc1ccc2nc(NC(=O)CC3CC(C)(F)C3)n(-c3ccc(F)cn3)c2n1.[C-]#[N+]c1ccc2nc(NC(=O)[C@@H](C)C(C)C)n(C3CCC3)c2n1. The zero-order chi connectivity index (χ0) is 90.6. The van der Waals surface area contributed by atoms with Gasteiger partial charge in [0.1, 0.15) is 50.7 Å². The molecule has 664 valence electrons. The van der Waals surface area contributed by atoms with Crippen LogP contribution in [-0.4, -0.2) is 146 Å². The van der Waals surface area contributed by atoms with Gasteiger partial charge in [-0.2, -0.15) is 0 Å². The first-order valence-electron chi connectivity index (χ1n) is 43.2. The number of aromatic nitrogens is 20. The fourth-order valence-corrected chi connectivity index (χ4v) is 15.2. The lowest BCUT2D eigenvalue weighted by atomic mass is 9.72. The Kier molecular flexibility index (Phi) is 27.0. The van der Waals surface area contributed by atoms with Gasteiger partial charge in [-0.25, -0.2) is 72.3 Å². The highest BCUT2D eigenvalue weighted by molar-refractivity contribution is 5.96. The van der Waals surface area contributed by atoms with E-state index in [4.69, 9.17) is 21.1 Å². The number of pyridine rings is 6. The molecule has 3 saturated carbocycles. The van der Waals surface area contributed by atoms with Crippen LogP contribution < -0.4 is 31.5 Å². The maximum absolute atomic E-state index is 13.6. The molecule has 0 unspecified atom stereocenters. The molecule has 4 aliphatic rings. The molecule has 14 heterocycles. The van der Waals surface area contributed by atoms with Crippen molar-refractivity contribution >= 4 is 127 Å². The molecule has 5 N–H and O–H groups in total. The van der Waals surface area contributed by atoms with Crippen molar-refractivity contribution in [2.24, 2.45) is 47.0 Å². The van der Waals surface area contributed by atoms with Gasteiger partial charge in [0.2, 0.25) is 65.2 Å². The lowest BCUT2D eigenvalue weighted by Crippen LogP contribution is -2.38. The molecule has 3 aliphatic carbocycles. The number of rotatable bonds is 18. The highest BCUT2D eigenvalue weighted by Gasteiger charge is 2.42. The molecule has 4 fully saturated rings. The lowest BCUT2D eigenvalue weighted by molar-refractivity contribution is -0.121. The predicted molar refractivity (Wildman–Crippen MR) is 482 cm³/mol. The normalized spacial score (nSPS) is 16.4. The first-order valence-corrected chi connectivity index (χ1v) is 43.2. The van der Waals surface area contributed by atoms with E-state index < -0.39 is 11.5 Å². The molecule has 0 spiro atoms. The number of carbonyl (C=O) groups is 5. The molecule has 33 nitrogen and oxygen atoms in total. The van der Waals surface area contributed by atoms with E-state index in [1.54, 1.807) is 62.8 Å². The number of nitrogens with zero attached hydrogens (tertiary/aromatic N) is 22. The summed E-state index contributed by atoms with van der Waals surface area (Å²) in [5.41, 5.74) is 8.72. The molecule has 17 rings (SSSR count). The molecule has 13 aromatic rings. The topological polar surface area (TPSA) is 376 Å². The van der Waals surface area contributed by atoms with E-state index >= 15 is 0 Å². The van der Waals surface area contributed by atoms with Crippen LogP contribution in [0.5, 0.6) is 0 Å². The minimum absolute atomic E-state index is 0.0219. The van der Waals surface area contributed by atoms with Gasteiger partial charge in [0.25, 0.3) is 11.5 Å². The standard InChI is InChI=1S/C22H33N5O.C19H19F2N5O.C17H21N5O2.C17H21N5O.C16H21N7O/c1-15-10-12-26(13-11-15)18-9-8-17-20(24-18)27(16-6-5-7-16)21(23-17)25-19(28)14-22(2,3)4;1-11-3-5-14-17(23-11)26(15-6-4-13(20)10-22-15)18(24-14)25-16(27)7-12-8-19(2,21)9-12;1-10-6-7-12-15(18-10)22(14-8-11(2)21-24-14)16(19-12)20-13(23)9-17(3,4)5;1-10(2)11(3)16(23)21-17-19-13-8-9-14(18-4)20-15(13)22(17)12-6-5-7-12;1-10-6-7-11-14(17-10)23(12-9-22(5)21-20-12)15(18-11)19-13(24)8-16(2,3)4/h8-9,15-16H,5-7,10-14H2,1-4H3,(H,23,25,28);3-6,10,12H,7-9H2,1-2H3,(H,24,25,27);6-8H,9H2,1-5H3,(H,19,20,23);8-12H,5-7H2,1-3H3,(H,19,21,23);6-7,9H,8H2,1-5H3,(H,18,19,24)/t;;;11-;/m...0./s1. The molecule has 13 aromatic heterocycles. The Morgan fingerprint density at radius 2 is 0.968 bits per heavy atom. The Bertz CT molecular complexity index is 6020. The summed E-state index contributed by atoms with van der Waals surface area (Å²) < 4.78 is 43.0. The Labute approximate surface area is 730 Å². The number of fused-ring (bicyclic) bond motifs is 5. The largest absolute Gasteiger partial charge is 0.361 e. The molecule has 5 amide bonds. The minimum atomic E-state index is -1.17. The number of anilines is 6. The second-order valence-electron chi connectivity index (χ2n) is 38.0. The minimum Gasteiger partial charge on any atom is -0.361 e. The third kappa shape index (κ3) is 22.4. The van der Waals surface area contributed by atoms with Gasteiger partial charge in [0, 0.05) is 87.0 Å². The number of nitrogens with one attached hydrogen (secondary N) is 5. The summed E-state index contributed by atoms with van der Waals surface area (Å²) in [4.78, 5) is 118. The molecule has 0 radical (unpaired) electrons. The second kappa shape index (κ2) is 37.5. The van der Waals surface area contributed by atoms with E-state index in [-0.39, 0.29) is 75.9 Å². The zero-order valence-electron chi connectivity index (χ0n) is 75.5. The molecular formula is C91H115F2N27O6. The van der Waals surface area contributed by atoms with Crippen LogP contribution in [0.1, 0.15) is 222 Å². The number of amides is 5. The second-order valence-corrected chi connectivity index (χ2v) is 38.0. The summed E-state index contributed by atoms with van der Waals surface area (Å²) in [6, 6.07) is 24.0. The van der Waals surface area contributed by atoms with Gasteiger partial charge in [-0.3, -0.25) is 64.4 Å². The van der Waals surface area contributed by atoms with Gasteiger partial charge in [-0.1, -0.05) is 112 Å². The lowest BCUT2D eigenvalue weighted by Gasteiger charge is -2.38. The van der Waals surface area contributed by atoms with Crippen LogP contribution in [0.2, 0.25) is 0 Å². The Hall–Kier alpha value is -12.9. The highest BCUT2D eigenvalue weighted by atomic mass is 19.1. The summed E-state index contributed by atoms with van der Waals surface area (Å²) in [6.45, 7) is 44.9. The van der Waals surface area contributed by atoms with E-state index in [0.717, 1.165) is 96.2 Å². The van der Waals surface area contributed by atoms with Crippen LogP contribution in [0, 0.1) is 80.0 Å². The van der Waals surface area contributed by atoms with Crippen molar-refractivity contribution in [3.63, 3.8) is 0 Å². The summed E-state index contributed by atoms with van der Waals surface area (Å²) in [5, 5.41) is 26.6. The van der Waals surface area contributed by atoms with E-state index in [1.807, 2.05) is 125 Å². The number of alkyl halides is 1. The van der Waals surface area contributed by atoms with Crippen molar-refractivity contribution < 1.29 is 37.3 Å². The van der Waals surface area contributed by atoms with Crippen molar-refractivity contribution in [2.45, 2.75) is 232 Å². The average Bonchev–Trinajstić information content (AvgIpc) is 1.63. The summed E-state index contributed by atoms with van der Waals surface area (Å²) in [7, 11) is 1.78. The fourth-order valence-electron chi connectivity index (χ4n) is 15.2. The number of halogens is 2. The van der Waals surface area contributed by atoms with Gasteiger partial charge in [-0.05, 0) is 206 Å². The van der Waals surface area contributed by atoms with Gasteiger partial charge in [0.15, 0.2) is 28.4 Å². The number of imidazole rings is 5. The van der Waals surface area contributed by atoms with Crippen molar-refractivity contribution in [1.29, 1.82) is 0 Å². The molecule has 1 atom stereocenters. The van der Waals surface area contributed by atoms with Crippen LogP contribution in [0.3, 0.4) is 0 Å². The van der Waals surface area contributed by atoms with E-state index in [2.05, 4.69) is 141 Å². The van der Waals surface area contributed by atoms with Gasteiger partial charge in [0.05, 0.1) is 18.1 Å². The van der Waals surface area contributed by atoms with E-state index in [1.165, 1.54) is 37.8 Å². The first kappa shape index (κ1) is 90.8. The molecule has 126 heavy (non-hydrogen) atoms. The van der Waals surface area contributed by atoms with E-state index in [9.17, 15) is 32.8 Å². The highest BCUT2D eigenvalue weighted by Crippen LogP contribution is 2.44. The smallest absolute Gasteiger partial charge is 0.271 e. The Balaban J connectivity index is 0.000000135. The van der Waals surface area contributed by atoms with Crippen LogP contribution >= 0.6 is 0 Å². The fraction of sp³-hybridized carbons (Fsp3) is 0.495. The summed E-state index contributed by atoms with van der Waals surface area (Å²) >= 11 is 0. The number of aryl methyl sites for hydroxylation is 5. The number of hydrogen-bond acceptors (Lipinski definition) is 21. The predicted octanol–water partition coefficient (Wildman–Crippen LogP) is 18.1. The third-order valence-electron chi connectivity index (χ3n) is 22.3. The third-order valence-corrected chi connectivity index (χ3v) is 22.3. The maximum Gasteiger partial charge on any atom is 0.271 e. The van der Waals surface area contributed by atoms with E-state index in [0.29, 0.717) is 130 Å². The average molecular weight is 1720 g/mol. The van der Waals surface area contributed by atoms with Gasteiger partial charge in [-0.15, -0.1) is 5.10 Å². The monoisotopic (exact) mass is 1720 g/mol. The van der Waals surface area contributed by atoms with Gasteiger partial charge < -0.3 is 14.3 Å². The van der Waals surface area contributed by atoms with Crippen molar-refractivity contribution in [3.05, 3.63) is 131 Å². The number of piperidine rings is 1. The van der Waals surface area contributed by atoms with Gasteiger partial charge >= 0.3 is 0 Å². The Morgan fingerprint density at radius 1 is 0.532 bits per heavy atom. The Morgan fingerprint density at radius 3 is 1.40 bits per heavy atom. The summed E-state index contributed by atoms with van der Waals surface area (Å²) in [6.07, 6.45) is 14.3. The number of carbonyl (C=O) groups excluding carboxylic acids is 5. The van der Waals surface area contributed by atoms with Crippen molar-refractivity contribution in [1.82, 2.24) is 97.8 Å². The van der Waals surface area contributed by atoms with Crippen molar-refractivity contribution in [2.75, 3.05) is 44.6 Å². The van der Waals surface area contributed by atoms with Crippen LogP contribution in [-0.2, 0) is 31.0 Å². The molecule has 1 aliphatic heterocycles. The maximum atomic E-state index is 13.6. The molecule has 35 heteroatoms. The molecular weight excluding hydrogens is 1610 g/mol.